The number of hydrogen-bond donors (Lipinski definition) is 1. The smallest absolute Gasteiger partial charge is 0.246 e. The van der Waals surface area contributed by atoms with E-state index in [1.165, 1.54) is 4.80 Å². The molecule has 134 valence electrons. The van der Waals surface area contributed by atoms with E-state index in [1.807, 2.05) is 30.3 Å². The molecule has 1 saturated heterocycles. The summed E-state index contributed by atoms with van der Waals surface area (Å²) in [6.07, 6.45) is 2.43. The minimum absolute atomic E-state index is 0.0937. The second-order valence-electron chi connectivity index (χ2n) is 6.82. The molecule has 7 nitrogen and oxygen atoms in total. The Morgan fingerprint density at radius 2 is 1.96 bits per heavy atom. The predicted octanol–water partition coefficient (Wildman–Crippen LogP) is 2.22. The third kappa shape index (κ3) is 4.42. The van der Waals surface area contributed by atoms with Gasteiger partial charge in [0.25, 0.3) is 0 Å². The first kappa shape index (κ1) is 17.5. The zero-order chi connectivity index (χ0) is 17.8. The van der Waals surface area contributed by atoms with Crippen molar-refractivity contribution in [2.24, 2.45) is 5.92 Å². The second kappa shape index (κ2) is 7.74. The topological polar surface area (TPSA) is 81.9 Å². The number of ether oxygens (including phenoxy) is 1. The molecular formula is C18H25N5O2. The minimum atomic E-state index is -0.500. The van der Waals surface area contributed by atoms with Crippen molar-refractivity contribution >= 4 is 5.91 Å². The summed E-state index contributed by atoms with van der Waals surface area (Å²) in [4.78, 5) is 13.8. The normalized spacial score (nSPS) is 24.7. The molecule has 3 unspecified atom stereocenters. The van der Waals surface area contributed by atoms with Gasteiger partial charge in [-0.3, -0.25) is 4.79 Å². The Morgan fingerprint density at radius 3 is 2.64 bits per heavy atom. The molecule has 0 spiro atoms. The van der Waals surface area contributed by atoms with Crippen LogP contribution in [-0.4, -0.2) is 44.9 Å². The summed E-state index contributed by atoms with van der Waals surface area (Å²) in [7, 11) is 0. The van der Waals surface area contributed by atoms with Crippen molar-refractivity contribution in [2.75, 3.05) is 6.54 Å². The van der Waals surface area contributed by atoms with E-state index in [0.29, 0.717) is 18.3 Å². The van der Waals surface area contributed by atoms with Gasteiger partial charge in [0.2, 0.25) is 11.7 Å². The van der Waals surface area contributed by atoms with Gasteiger partial charge in [-0.15, -0.1) is 10.2 Å². The molecule has 3 atom stereocenters. The van der Waals surface area contributed by atoms with E-state index in [0.717, 1.165) is 18.4 Å². The first-order valence-electron chi connectivity index (χ1n) is 8.81. The highest BCUT2D eigenvalue weighted by molar-refractivity contribution is 5.79. The average molecular weight is 343 g/mol. The molecule has 1 aromatic carbocycles. The summed E-state index contributed by atoms with van der Waals surface area (Å²) in [5, 5.41) is 15.4. The summed E-state index contributed by atoms with van der Waals surface area (Å²) in [5.74, 6) is 0.870. The Balaban J connectivity index is 1.57. The number of aromatic nitrogens is 4. The van der Waals surface area contributed by atoms with Crippen LogP contribution in [0.15, 0.2) is 30.3 Å². The van der Waals surface area contributed by atoms with Crippen molar-refractivity contribution in [3.63, 3.8) is 0 Å². The van der Waals surface area contributed by atoms with E-state index in [2.05, 4.69) is 34.6 Å². The number of nitrogens with zero attached hydrogens (tertiary/aromatic N) is 4. The summed E-state index contributed by atoms with van der Waals surface area (Å²) in [6.45, 7) is 6.59. The van der Waals surface area contributed by atoms with Crippen molar-refractivity contribution in [3.8, 4) is 11.4 Å². The fourth-order valence-electron chi connectivity index (χ4n) is 3.30. The van der Waals surface area contributed by atoms with Gasteiger partial charge in [-0.25, -0.2) is 0 Å². The fraction of sp³-hybridized carbons (Fsp3) is 0.556. The molecule has 1 N–H and O–H groups in total. The van der Waals surface area contributed by atoms with Gasteiger partial charge in [0.05, 0.1) is 12.2 Å². The zero-order valence-corrected chi connectivity index (χ0v) is 14.9. The summed E-state index contributed by atoms with van der Waals surface area (Å²) in [6, 6.07) is 9.10. The van der Waals surface area contributed by atoms with E-state index in [1.54, 1.807) is 6.92 Å². The Morgan fingerprint density at radius 1 is 1.28 bits per heavy atom. The van der Waals surface area contributed by atoms with Crippen molar-refractivity contribution in [1.82, 2.24) is 25.5 Å². The maximum absolute atomic E-state index is 12.4. The maximum atomic E-state index is 12.4. The molecule has 1 aliphatic heterocycles. The number of carbonyl (C=O) groups is 1. The van der Waals surface area contributed by atoms with Crippen LogP contribution in [-0.2, 0) is 9.53 Å². The van der Waals surface area contributed by atoms with Crippen LogP contribution in [0.3, 0.4) is 0 Å². The van der Waals surface area contributed by atoms with Gasteiger partial charge in [-0.05, 0) is 44.7 Å². The van der Waals surface area contributed by atoms with Crippen molar-refractivity contribution < 1.29 is 9.53 Å². The lowest BCUT2D eigenvalue weighted by Gasteiger charge is -2.32. The number of carbonyl (C=O) groups excluding carboxylic acids is 1. The molecule has 1 fully saturated rings. The van der Waals surface area contributed by atoms with Crippen LogP contribution in [0.4, 0.5) is 0 Å². The second-order valence-corrected chi connectivity index (χ2v) is 6.82. The van der Waals surface area contributed by atoms with Gasteiger partial charge in [0, 0.05) is 12.1 Å². The molecule has 0 radical (unpaired) electrons. The number of tetrazole rings is 1. The van der Waals surface area contributed by atoms with E-state index in [-0.39, 0.29) is 18.1 Å². The van der Waals surface area contributed by atoms with Crippen molar-refractivity contribution in [1.29, 1.82) is 0 Å². The van der Waals surface area contributed by atoms with Gasteiger partial charge in [-0.1, -0.05) is 30.3 Å². The average Bonchev–Trinajstić information content (AvgIpc) is 3.09. The molecule has 7 heteroatoms. The van der Waals surface area contributed by atoms with Crippen LogP contribution >= 0.6 is 0 Å². The quantitative estimate of drug-likeness (QED) is 0.900. The molecule has 1 aliphatic rings. The standard InChI is InChI=1S/C18H25N5O2/c1-12-9-15(10-13(2)25-12)11-19-18(24)14(3)23-21-17(20-22-23)16-7-5-4-6-8-16/h4-8,12-15H,9-11H2,1-3H3,(H,19,24). The molecule has 0 bridgehead atoms. The maximum Gasteiger partial charge on any atom is 0.246 e. The Hall–Kier alpha value is -2.28. The van der Waals surface area contributed by atoms with Crippen LogP contribution < -0.4 is 5.32 Å². The SMILES string of the molecule is CC1CC(CNC(=O)C(C)n2nnc(-c3ccccc3)n2)CC(C)O1. The van der Waals surface area contributed by atoms with Crippen LogP contribution in [0, 0.1) is 5.92 Å². The number of amides is 1. The van der Waals surface area contributed by atoms with Gasteiger partial charge in [0.15, 0.2) is 0 Å². The van der Waals surface area contributed by atoms with Gasteiger partial charge >= 0.3 is 0 Å². The summed E-state index contributed by atoms with van der Waals surface area (Å²) in [5.41, 5.74) is 0.881. The molecule has 1 aromatic heterocycles. The minimum Gasteiger partial charge on any atom is -0.376 e. The van der Waals surface area contributed by atoms with Crippen LogP contribution in [0.25, 0.3) is 11.4 Å². The summed E-state index contributed by atoms with van der Waals surface area (Å²) >= 11 is 0. The molecule has 0 aliphatic carbocycles. The third-order valence-corrected chi connectivity index (χ3v) is 4.55. The third-order valence-electron chi connectivity index (χ3n) is 4.55. The van der Waals surface area contributed by atoms with Gasteiger partial charge in [0.1, 0.15) is 6.04 Å². The zero-order valence-electron chi connectivity index (χ0n) is 14.9. The molecular weight excluding hydrogens is 318 g/mol. The van der Waals surface area contributed by atoms with Crippen LogP contribution in [0.2, 0.25) is 0 Å². The lowest BCUT2D eigenvalue weighted by molar-refractivity contribution is -0.125. The van der Waals surface area contributed by atoms with Crippen molar-refractivity contribution in [2.45, 2.75) is 51.9 Å². The van der Waals surface area contributed by atoms with E-state index < -0.39 is 6.04 Å². The lowest BCUT2D eigenvalue weighted by atomic mass is 9.92. The Labute approximate surface area is 147 Å². The first-order chi connectivity index (χ1) is 12.0. The highest BCUT2D eigenvalue weighted by atomic mass is 16.5. The number of hydrogen-bond acceptors (Lipinski definition) is 5. The van der Waals surface area contributed by atoms with Crippen LogP contribution in [0.1, 0.15) is 39.7 Å². The molecule has 0 saturated carbocycles. The van der Waals surface area contributed by atoms with Gasteiger partial charge < -0.3 is 10.1 Å². The molecule has 1 amide bonds. The number of rotatable bonds is 5. The van der Waals surface area contributed by atoms with E-state index in [4.69, 9.17) is 4.74 Å². The first-order valence-corrected chi connectivity index (χ1v) is 8.81. The largest absolute Gasteiger partial charge is 0.376 e. The van der Waals surface area contributed by atoms with E-state index >= 15 is 0 Å². The Kier molecular flexibility index (Phi) is 5.43. The van der Waals surface area contributed by atoms with Gasteiger partial charge in [-0.2, -0.15) is 4.80 Å². The van der Waals surface area contributed by atoms with Crippen LogP contribution in [0.5, 0.6) is 0 Å². The number of benzene rings is 1. The predicted molar refractivity (Wildman–Crippen MR) is 93.7 cm³/mol. The molecule has 3 rings (SSSR count). The summed E-state index contributed by atoms with van der Waals surface area (Å²) < 4.78 is 5.74. The Bertz CT molecular complexity index is 693. The molecule has 2 heterocycles. The highest BCUT2D eigenvalue weighted by Crippen LogP contribution is 2.24. The monoisotopic (exact) mass is 343 g/mol. The fourth-order valence-corrected chi connectivity index (χ4v) is 3.30. The molecule has 2 aromatic rings. The van der Waals surface area contributed by atoms with E-state index in [9.17, 15) is 4.79 Å². The lowest BCUT2D eigenvalue weighted by Crippen LogP contribution is -2.39. The number of nitrogens with one attached hydrogen (secondary N) is 1. The van der Waals surface area contributed by atoms with Crippen molar-refractivity contribution in [3.05, 3.63) is 30.3 Å². The molecule has 25 heavy (non-hydrogen) atoms. The highest BCUT2D eigenvalue weighted by Gasteiger charge is 2.26.